The van der Waals surface area contributed by atoms with Crippen LogP contribution in [0.25, 0.3) is 0 Å². The molecule has 2 saturated carbocycles. The first-order valence-corrected chi connectivity index (χ1v) is 10.9. The molecule has 144 valence electrons. The van der Waals surface area contributed by atoms with Gasteiger partial charge in [-0.2, -0.15) is 0 Å². The summed E-state index contributed by atoms with van der Waals surface area (Å²) in [4.78, 5) is 12.5. The number of aromatic nitrogens is 3. The number of aryl methyl sites for hydroxylation is 1. The number of nitrogens with one attached hydrogen (secondary N) is 1. The predicted octanol–water partition coefficient (Wildman–Crippen LogP) is 3.67. The summed E-state index contributed by atoms with van der Waals surface area (Å²) in [5.74, 6) is 3.77. The number of thioether (sulfide) groups is 1. The summed E-state index contributed by atoms with van der Waals surface area (Å²) in [7, 11) is 0. The van der Waals surface area contributed by atoms with Crippen LogP contribution < -0.4 is 5.32 Å². The van der Waals surface area contributed by atoms with Gasteiger partial charge < -0.3 is 9.88 Å². The normalized spacial score (nSPS) is 24.9. The average Bonchev–Trinajstić information content (AvgIpc) is 3.38. The maximum absolute atomic E-state index is 12.5. The Hall–Kier alpha value is -1.82. The van der Waals surface area contributed by atoms with Gasteiger partial charge in [-0.1, -0.05) is 48.5 Å². The molecule has 1 heterocycles. The number of hydrogen-bond donors (Lipinski definition) is 1. The first-order chi connectivity index (χ1) is 13.1. The van der Waals surface area contributed by atoms with Gasteiger partial charge in [0.2, 0.25) is 5.91 Å². The highest BCUT2D eigenvalue weighted by Crippen LogP contribution is 2.49. The van der Waals surface area contributed by atoms with E-state index in [0.29, 0.717) is 11.7 Å². The second kappa shape index (κ2) is 8.05. The van der Waals surface area contributed by atoms with Crippen molar-refractivity contribution < 1.29 is 4.79 Å². The van der Waals surface area contributed by atoms with Crippen LogP contribution >= 0.6 is 11.8 Å². The first-order valence-electron chi connectivity index (χ1n) is 9.96. The molecule has 1 N–H and O–H groups in total. The molecule has 0 aliphatic heterocycles. The lowest BCUT2D eigenvalue weighted by molar-refractivity contribution is -0.119. The molecule has 27 heavy (non-hydrogen) atoms. The average molecular weight is 385 g/mol. The lowest BCUT2D eigenvalue weighted by Crippen LogP contribution is -2.40. The van der Waals surface area contributed by atoms with E-state index >= 15 is 0 Å². The van der Waals surface area contributed by atoms with Crippen molar-refractivity contribution in [2.45, 2.75) is 57.3 Å². The highest BCUT2D eigenvalue weighted by molar-refractivity contribution is 7.99. The van der Waals surface area contributed by atoms with Gasteiger partial charge in [0.1, 0.15) is 5.82 Å². The molecular formula is C21H28N4OS. The number of carbonyl (C=O) groups excluding carboxylic acids is 1. The lowest BCUT2D eigenvalue weighted by Gasteiger charge is -2.28. The molecule has 0 radical (unpaired) electrons. The van der Waals surface area contributed by atoms with E-state index < -0.39 is 0 Å². The fourth-order valence-electron chi connectivity index (χ4n) is 4.86. The summed E-state index contributed by atoms with van der Waals surface area (Å²) < 4.78 is 2.08. The summed E-state index contributed by atoms with van der Waals surface area (Å²) >= 11 is 1.47. The van der Waals surface area contributed by atoms with Crippen LogP contribution in [-0.2, 0) is 11.3 Å². The van der Waals surface area contributed by atoms with Crippen LogP contribution in [0, 0.1) is 24.7 Å². The Morgan fingerprint density at radius 3 is 2.78 bits per heavy atom. The van der Waals surface area contributed by atoms with Crippen molar-refractivity contribution in [1.29, 1.82) is 0 Å². The molecule has 1 aromatic heterocycles. The van der Waals surface area contributed by atoms with Crippen LogP contribution in [0.15, 0.2) is 35.5 Å². The third kappa shape index (κ3) is 4.21. The SMILES string of the molecule is Cc1nnc(SCC(=O)N[C@@H](C)[C@H]2C[C@H]3CC[C@H]2C3)n1Cc1ccccc1. The van der Waals surface area contributed by atoms with Crippen LogP contribution in [0.5, 0.6) is 0 Å². The highest BCUT2D eigenvalue weighted by atomic mass is 32.2. The molecule has 2 aliphatic rings. The van der Waals surface area contributed by atoms with E-state index in [1.165, 1.54) is 43.0 Å². The second-order valence-corrected chi connectivity index (χ2v) is 9.03. The Balaban J connectivity index is 1.31. The number of fused-ring (bicyclic) bond motifs is 2. The van der Waals surface area contributed by atoms with Gasteiger partial charge >= 0.3 is 0 Å². The summed E-state index contributed by atoms with van der Waals surface area (Å²) in [5, 5.41) is 12.5. The van der Waals surface area contributed by atoms with Crippen LogP contribution in [0.4, 0.5) is 0 Å². The van der Waals surface area contributed by atoms with Crippen molar-refractivity contribution in [3.63, 3.8) is 0 Å². The number of carbonyl (C=O) groups is 1. The third-order valence-electron chi connectivity index (χ3n) is 6.24. The van der Waals surface area contributed by atoms with E-state index in [1.54, 1.807) is 0 Å². The Morgan fingerprint density at radius 1 is 1.26 bits per heavy atom. The van der Waals surface area contributed by atoms with Gasteiger partial charge in [-0.05, 0) is 56.4 Å². The van der Waals surface area contributed by atoms with Crippen LogP contribution in [0.2, 0.25) is 0 Å². The van der Waals surface area contributed by atoms with Crippen molar-refractivity contribution >= 4 is 17.7 Å². The standard InChI is InChI=1S/C21H28N4OS/c1-14(19-11-17-8-9-18(19)10-17)22-20(26)13-27-21-24-23-15(2)25(21)12-16-6-4-3-5-7-16/h3-7,14,17-19H,8-13H2,1-2H3,(H,22,26)/t14-,17-,18-,19+/m0/s1. The largest absolute Gasteiger partial charge is 0.353 e. The maximum Gasteiger partial charge on any atom is 0.230 e. The minimum Gasteiger partial charge on any atom is -0.353 e. The number of amides is 1. The molecule has 2 aromatic rings. The Bertz CT molecular complexity index is 791. The van der Waals surface area contributed by atoms with Crippen LogP contribution in [0.1, 0.15) is 44.0 Å². The van der Waals surface area contributed by atoms with Gasteiger partial charge in [0.15, 0.2) is 5.16 Å². The maximum atomic E-state index is 12.5. The molecule has 2 bridgehead atoms. The van der Waals surface area contributed by atoms with E-state index in [0.717, 1.165) is 29.4 Å². The molecule has 5 nitrogen and oxygen atoms in total. The van der Waals surface area contributed by atoms with Crippen LogP contribution in [0.3, 0.4) is 0 Å². The quantitative estimate of drug-likeness (QED) is 0.740. The van der Waals surface area contributed by atoms with Crippen molar-refractivity contribution in [1.82, 2.24) is 20.1 Å². The Morgan fingerprint density at radius 2 is 2.07 bits per heavy atom. The van der Waals surface area contributed by atoms with E-state index in [-0.39, 0.29) is 11.9 Å². The molecule has 4 rings (SSSR count). The zero-order chi connectivity index (χ0) is 18.8. The van der Waals surface area contributed by atoms with Gasteiger partial charge in [-0.3, -0.25) is 4.79 Å². The first kappa shape index (κ1) is 18.5. The molecule has 0 unspecified atom stereocenters. The summed E-state index contributed by atoms with van der Waals surface area (Å²) in [6, 6.07) is 10.5. The summed E-state index contributed by atoms with van der Waals surface area (Å²) in [6.07, 6.45) is 5.42. The molecule has 2 aliphatic carbocycles. The van der Waals surface area contributed by atoms with Gasteiger partial charge in [0.25, 0.3) is 0 Å². The lowest BCUT2D eigenvalue weighted by atomic mass is 9.84. The van der Waals surface area contributed by atoms with Gasteiger partial charge in [-0.25, -0.2) is 0 Å². The Kier molecular flexibility index (Phi) is 5.53. The number of hydrogen-bond acceptors (Lipinski definition) is 4. The van der Waals surface area contributed by atoms with Crippen LogP contribution in [-0.4, -0.2) is 32.5 Å². The van der Waals surface area contributed by atoms with E-state index in [1.807, 2.05) is 25.1 Å². The predicted molar refractivity (Wildman–Crippen MR) is 108 cm³/mol. The zero-order valence-corrected chi connectivity index (χ0v) is 16.9. The molecular weight excluding hydrogens is 356 g/mol. The second-order valence-electron chi connectivity index (χ2n) is 8.09. The highest BCUT2D eigenvalue weighted by Gasteiger charge is 2.42. The van der Waals surface area contributed by atoms with E-state index in [2.05, 4.69) is 39.1 Å². The van der Waals surface area contributed by atoms with E-state index in [4.69, 9.17) is 0 Å². The number of nitrogens with zero attached hydrogens (tertiary/aromatic N) is 3. The molecule has 6 heteroatoms. The fourth-order valence-corrected chi connectivity index (χ4v) is 5.65. The van der Waals surface area contributed by atoms with Crippen molar-refractivity contribution in [3.8, 4) is 0 Å². The zero-order valence-electron chi connectivity index (χ0n) is 16.1. The smallest absolute Gasteiger partial charge is 0.230 e. The molecule has 4 atom stereocenters. The van der Waals surface area contributed by atoms with Crippen molar-refractivity contribution in [3.05, 3.63) is 41.7 Å². The topological polar surface area (TPSA) is 59.8 Å². The third-order valence-corrected chi connectivity index (χ3v) is 7.21. The molecule has 0 spiro atoms. The minimum atomic E-state index is 0.0992. The fraction of sp³-hybridized carbons (Fsp3) is 0.571. The molecule has 0 saturated heterocycles. The molecule has 1 aromatic carbocycles. The van der Waals surface area contributed by atoms with Crippen molar-refractivity contribution in [2.75, 3.05) is 5.75 Å². The summed E-state index contributed by atoms with van der Waals surface area (Å²) in [5.41, 5.74) is 1.21. The van der Waals surface area contributed by atoms with Gasteiger partial charge in [0, 0.05) is 6.04 Å². The van der Waals surface area contributed by atoms with Gasteiger partial charge in [-0.15, -0.1) is 10.2 Å². The monoisotopic (exact) mass is 384 g/mol. The molecule has 1 amide bonds. The summed E-state index contributed by atoms with van der Waals surface area (Å²) in [6.45, 7) is 4.86. The van der Waals surface area contributed by atoms with Gasteiger partial charge in [0.05, 0.1) is 12.3 Å². The van der Waals surface area contributed by atoms with E-state index in [9.17, 15) is 4.79 Å². The molecule has 2 fully saturated rings. The van der Waals surface area contributed by atoms with Crippen molar-refractivity contribution in [2.24, 2.45) is 17.8 Å². The number of benzene rings is 1. The minimum absolute atomic E-state index is 0.0992. The number of rotatable bonds is 7. The Labute approximate surface area is 165 Å².